The molecule has 0 unspecified atom stereocenters. The Bertz CT molecular complexity index is 1010. The Morgan fingerprint density at radius 3 is 2.06 bits per heavy atom. The van der Waals surface area contributed by atoms with E-state index in [4.69, 9.17) is 0 Å². The maximum absolute atomic E-state index is 2.38. The van der Waals surface area contributed by atoms with Crippen LogP contribution in [0.5, 0.6) is 0 Å². The predicted molar refractivity (Wildman–Crippen MR) is 144 cm³/mol. The van der Waals surface area contributed by atoms with Crippen LogP contribution in [0.25, 0.3) is 10.8 Å². The molecule has 1 aliphatic carbocycles. The molecule has 0 N–H and O–H groups in total. The molecule has 0 saturated heterocycles. The van der Waals surface area contributed by atoms with Crippen molar-refractivity contribution >= 4 is 10.8 Å². The average molecular weight is 427 g/mol. The standard InChI is InChI=1S/C19H20.C11H16.C2H6/c1-14-12-16(13-15(14)2)10-11-18-8-5-7-17-6-3-4-9-19(17)18;1-3-4-5-11-8-6-10(2)7-9-11;1-2/h3-9,12H,10-11,13H2,1-2H3;6-9H,3-5H2,1-2H3;1-2H3. The van der Waals surface area contributed by atoms with E-state index in [2.05, 4.69) is 101 Å². The topological polar surface area (TPSA) is 0 Å². The van der Waals surface area contributed by atoms with Crippen molar-refractivity contribution in [3.63, 3.8) is 0 Å². The zero-order valence-corrected chi connectivity index (χ0v) is 21.2. The second-order valence-electron chi connectivity index (χ2n) is 8.67. The average Bonchev–Trinajstić information content (AvgIpc) is 3.16. The van der Waals surface area contributed by atoms with Crippen molar-refractivity contribution in [1.29, 1.82) is 0 Å². The number of aryl methyl sites for hydroxylation is 3. The molecule has 1 aliphatic rings. The molecule has 0 aromatic heterocycles. The van der Waals surface area contributed by atoms with Gasteiger partial charge in [-0.3, -0.25) is 0 Å². The lowest BCUT2D eigenvalue weighted by molar-refractivity contribution is 0.795. The van der Waals surface area contributed by atoms with Crippen LogP contribution in [-0.2, 0) is 12.8 Å². The lowest BCUT2D eigenvalue weighted by atomic mass is 9.98. The summed E-state index contributed by atoms with van der Waals surface area (Å²) in [6.07, 6.45) is 9.71. The van der Waals surface area contributed by atoms with Crippen molar-refractivity contribution in [1.82, 2.24) is 0 Å². The lowest BCUT2D eigenvalue weighted by Gasteiger charge is -2.07. The molecular formula is C32H42. The molecule has 32 heavy (non-hydrogen) atoms. The summed E-state index contributed by atoms with van der Waals surface area (Å²) in [5.41, 5.74) is 8.88. The Kier molecular flexibility index (Phi) is 11.0. The van der Waals surface area contributed by atoms with Crippen LogP contribution >= 0.6 is 0 Å². The van der Waals surface area contributed by atoms with Crippen LogP contribution in [-0.4, -0.2) is 0 Å². The van der Waals surface area contributed by atoms with Gasteiger partial charge in [-0.1, -0.05) is 122 Å². The summed E-state index contributed by atoms with van der Waals surface area (Å²) >= 11 is 0. The van der Waals surface area contributed by atoms with E-state index >= 15 is 0 Å². The first kappa shape index (κ1) is 25.7. The van der Waals surface area contributed by atoms with Gasteiger partial charge < -0.3 is 0 Å². The van der Waals surface area contributed by atoms with E-state index in [1.807, 2.05) is 13.8 Å². The van der Waals surface area contributed by atoms with Gasteiger partial charge in [0.25, 0.3) is 0 Å². The van der Waals surface area contributed by atoms with Crippen molar-refractivity contribution in [3.8, 4) is 0 Å². The Balaban J connectivity index is 0.000000239. The van der Waals surface area contributed by atoms with Gasteiger partial charge in [-0.2, -0.15) is 0 Å². The molecule has 0 atom stereocenters. The summed E-state index contributed by atoms with van der Waals surface area (Å²) in [6, 6.07) is 24.2. The van der Waals surface area contributed by atoms with Gasteiger partial charge in [0.1, 0.15) is 0 Å². The third-order valence-corrected chi connectivity index (χ3v) is 6.12. The molecule has 4 rings (SSSR count). The zero-order chi connectivity index (χ0) is 23.3. The van der Waals surface area contributed by atoms with Gasteiger partial charge >= 0.3 is 0 Å². The third kappa shape index (κ3) is 7.83. The van der Waals surface area contributed by atoms with E-state index in [9.17, 15) is 0 Å². The van der Waals surface area contributed by atoms with Crippen molar-refractivity contribution in [3.05, 3.63) is 106 Å². The number of hydrogen-bond donors (Lipinski definition) is 0. The van der Waals surface area contributed by atoms with Crippen molar-refractivity contribution in [2.24, 2.45) is 0 Å². The molecule has 0 nitrogen and oxygen atoms in total. The predicted octanol–water partition coefficient (Wildman–Crippen LogP) is 9.80. The first-order valence-electron chi connectivity index (χ1n) is 12.4. The third-order valence-electron chi connectivity index (χ3n) is 6.12. The van der Waals surface area contributed by atoms with Gasteiger partial charge in [0.05, 0.1) is 0 Å². The minimum atomic E-state index is 1.15. The minimum Gasteiger partial charge on any atom is -0.0683 e. The molecule has 3 aromatic rings. The highest BCUT2D eigenvalue weighted by molar-refractivity contribution is 5.85. The first-order chi connectivity index (χ1) is 15.6. The fraction of sp³-hybridized carbons (Fsp3) is 0.375. The van der Waals surface area contributed by atoms with Crippen LogP contribution in [0.2, 0.25) is 0 Å². The summed E-state index contributed by atoms with van der Waals surface area (Å²) in [5.74, 6) is 0. The van der Waals surface area contributed by atoms with Crippen LogP contribution in [0.1, 0.15) is 77.0 Å². The molecule has 170 valence electrons. The van der Waals surface area contributed by atoms with Crippen LogP contribution in [0.3, 0.4) is 0 Å². The van der Waals surface area contributed by atoms with Gasteiger partial charge in [-0.25, -0.2) is 0 Å². The summed E-state index contributed by atoms with van der Waals surface area (Å²) in [7, 11) is 0. The molecule has 0 amide bonds. The van der Waals surface area contributed by atoms with E-state index in [0.29, 0.717) is 0 Å². The van der Waals surface area contributed by atoms with Gasteiger partial charge in [-0.05, 0) is 74.8 Å². The Morgan fingerprint density at radius 1 is 0.719 bits per heavy atom. The lowest BCUT2D eigenvalue weighted by Crippen LogP contribution is -1.90. The number of hydrogen-bond acceptors (Lipinski definition) is 0. The van der Waals surface area contributed by atoms with Gasteiger partial charge in [0, 0.05) is 0 Å². The maximum atomic E-state index is 2.38. The summed E-state index contributed by atoms with van der Waals surface area (Å²) in [5, 5.41) is 2.76. The fourth-order valence-corrected chi connectivity index (χ4v) is 4.06. The van der Waals surface area contributed by atoms with Crippen molar-refractivity contribution in [2.75, 3.05) is 0 Å². The highest BCUT2D eigenvalue weighted by atomic mass is 14.2. The highest BCUT2D eigenvalue weighted by Crippen LogP contribution is 2.29. The SMILES string of the molecule is CC.CC1=C(C)CC(CCc2cccc3ccccc23)=C1.CCCCc1ccc(C)cc1. The molecular weight excluding hydrogens is 384 g/mol. The van der Waals surface area contributed by atoms with E-state index in [-0.39, 0.29) is 0 Å². The highest BCUT2D eigenvalue weighted by Gasteiger charge is 2.10. The largest absolute Gasteiger partial charge is 0.0683 e. The molecule has 0 bridgehead atoms. The summed E-state index contributed by atoms with van der Waals surface area (Å²) in [4.78, 5) is 0. The van der Waals surface area contributed by atoms with Crippen molar-refractivity contribution in [2.45, 2.75) is 80.1 Å². The van der Waals surface area contributed by atoms with Gasteiger partial charge in [-0.15, -0.1) is 0 Å². The maximum Gasteiger partial charge on any atom is -0.0102 e. The smallest absolute Gasteiger partial charge is 0.0102 e. The molecule has 0 aliphatic heterocycles. The van der Waals surface area contributed by atoms with Crippen molar-refractivity contribution < 1.29 is 0 Å². The first-order valence-corrected chi connectivity index (χ1v) is 12.4. The van der Waals surface area contributed by atoms with E-state index in [0.717, 1.165) is 6.42 Å². The fourth-order valence-electron chi connectivity index (χ4n) is 4.06. The Morgan fingerprint density at radius 2 is 1.41 bits per heavy atom. The molecule has 0 spiro atoms. The Hall–Kier alpha value is -2.60. The molecule has 3 aromatic carbocycles. The normalized spacial score (nSPS) is 12.6. The second kappa shape index (κ2) is 13.7. The van der Waals surface area contributed by atoms with Crippen LogP contribution in [0, 0.1) is 6.92 Å². The number of fused-ring (bicyclic) bond motifs is 1. The Labute approximate surface area is 197 Å². The number of unbranched alkanes of at least 4 members (excludes halogenated alkanes) is 1. The molecule has 0 heteroatoms. The minimum absolute atomic E-state index is 1.15. The quantitative estimate of drug-likeness (QED) is 0.368. The monoisotopic (exact) mass is 426 g/mol. The zero-order valence-electron chi connectivity index (χ0n) is 21.2. The molecule has 0 fully saturated rings. The molecule has 0 saturated carbocycles. The summed E-state index contributed by atoms with van der Waals surface area (Å²) in [6.45, 7) is 12.8. The van der Waals surface area contributed by atoms with Crippen LogP contribution in [0.4, 0.5) is 0 Å². The number of benzene rings is 3. The molecule has 0 heterocycles. The van der Waals surface area contributed by atoms with E-state index < -0.39 is 0 Å². The van der Waals surface area contributed by atoms with E-state index in [1.165, 1.54) is 70.7 Å². The van der Waals surface area contributed by atoms with Gasteiger partial charge in [0.2, 0.25) is 0 Å². The van der Waals surface area contributed by atoms with Crippen LogP contribution < -0.4 is 0 Å². The number of allylic oxidation sites excluding steroid dienone is 4. The van der Waals surface area contributed by atoms with E-state index in [1.54, 1.807) is 5.57 Å². The second-order valence-corrected chi connectivity index (χ2v) is 8.67. The van der Waals surface area contributed by atoms with Gasteiger partial charge in [0.15, 0.2) is 0 Å². The summed E-state index contributed by atoms with van der Waals surface area (Å²) < 4.78 is 0. The molecule has 0 radical (unpaired) electrons. The number of rotatable bonds is 6. The van der Waals surface area contributed by atoms with Crippen LogP contribution in [0.15, 0.2) is 89.5 Å².